The molecule has 1 N–H and O–H groups in total. The van der Waals surface area contributed by atoms with Gasteiger partial charge in [-0.25, -0.2) is 0 Å². The molecule has 3 rings (SSSR count). The number of aromatic nitrogens is 6. The van der Waals surface area contributed by atoms with Crippen molar-refractivity contribution >= 4 is 0 Å². The lowest BCUT2D eigenvalue weighted by molar-refractivity contribution is -0.142. The maximum Gasteiger partial charge on any atom is 0.408 e. The summed E-state index contributed by atoms with van der Waals surface area (Å²) in [5, 5.41) is 11.7. The zero-order valence-electron chi connectivity index (χ0n) is 11.5. The second-order valence-electron chi connectivity index (χ2n) is 4.68. The second-order valence-corrected chi connectivity index (χ2v) is 4.68. The molecular formula is C13H11F3N6. The topological polar surface area (TPSA) is 72.3 Å². The van der Waals surface area contributed by atoms with Crippen LogP contribution in [0.25, 0.3) is 22.8 Å². The van der Waals surface area contributed by atoms with E-state index < -0.39 is 12.7 Å². The van der Waals surface area contributed by atoms with Crippen LogP contribution in [-0.2, 0) is 6.54 Å². The van der Waals surface area contributed by atoms with Gasteiger partial charge in [0.15, 0.2) is 11.6 Å². The number of nitrogens with zero attached hydrogens (tertiary/aromatic N) is 5. The number of pyridine rings is 1. The molecule has 0 atom stereocenters. The average Bonchev–Trinajstić information content (AvgIpc) is 3.07. The van der Waals surface area contributed by atoms with Gasteiger partial charge in [0.05, 0.1) is 11.8 Å². The number of alkyl halides is 3. The van der Waals surface area contributed by atoms with E-state index in [1.807, 2.05) is 0 Å². The average molecular weight is 308 g/mol. The van der Waals surface area contributed by atoms with Crippen molar-refractivity contribution in [1.82, 2.24) is 29.9 Å². The molecule has 0 saturated heterocycles. The third-order valence-electron chi connectivity index (χ3n) is 3.11. The minimum Gasteiger partial charge on any atom is -0.321 e. The Labute approximate surface area is 123 Å². The molecule has 9 heteroatoms. The van der Waals surface area contributed by atoms with Gasteiger partial charge in [-0.05, 0) is 19.1 Å². The van der Waals surface area contributed by atoms with Gasteiger partial charge in [-0.15, -0.1) is 10.2 Å². The van der Waals surface area contributed by atoms with Crippen molar-refractivity contribution in [2.75, 3.05) is 0 Å². The lowest BCUT2D eigenvalue weighted by Crippen LogP contribution is -2.19. The Morgan fingerprint density at radius 2 is 1.95 bits per heavy atom. The van der Waals surface area contributed by atoms with E-state index in [0.29, 0.717) is 22.9 Å². The molecule has 0 fully saturated rings. The molecule has 0 aliphatic heterocycles. The molecule has 114 valence electrons. The summed E-state index contributed by atoms with van der Waals surface area (Å²) in [5.41, 5.74) is 1.58. The summed E-state index contributed by atoms with van der Waals surface area (Å²) < 4.78 is 38.3. The van der Waals surface area contributed by atoms with Crippen molar-refractivity contribution < 1.29 is 13.2 Å². The van der Waals surface area contributed by atoms with E-state index in [2.05, 4.69) is 25.3 Å². The molecule has 0 unspecified atom stereocenters. The summed E-state index contributed by atoms with van der Waals surface area (Å²) in [6.07, 6.45) is 0.265. The highest BCUT2D eigenvalue weighted by Crippen LogP contribution is 2.24. The molecular weight excluding hydrogens is 297 g/mol. The monoisotopic (exact) mass is 308 g/mol. The number of hydrogen-bond donors (Lipinski definition) is 1. The third kappa shape index (κ3) is 2.83. The molecule has 22 heavy (non-hydrogen) atoms. The summed E-state index contributed by atoms with van der Waals surface area (Å²) in [6.45, 7) is 0.419. The Morgan fingerprint density at radius 1 is 1.18 bits per heavy atom. The number of hydrogen-bond acceptors (Lipinski definition) is 4. The van der Waals surface area contributed by atoms with Gasteiger partial charge in [0.1, 0.15) is 6.54 Å². The van der Waals surface area contributed by atoms with Gasteiger partial charge in [0.2, 0.25) is 0 Å². The maximum absolute atomic E-state index is 12.5. The van der Waals surface area contributed by atoms with Crippen LogP contribution in [-0.4, -0.2) is 36.1 Å². The van der Waals surface area contributed by atoms with Crippen molar-refractivity contribution in [3.63, 3.8) is 0 Å². The molecule has 0 amide bonds. The molecule has 3 aromatic rings. The zero-order chi connectivity index (χ0) is 15.7. The number of H-pyrrole nitrogens is 1. The summed E-state index contributed by atoms with van der Waals surface area (Å²) in [6, 6.07) is 3.56. The summed E-state index contributed by atoms with van der Waals surface area (Å²) >= 11 is 0. The van der Waals surface area contributed by atoms with Crippen molar-refractivity contribution in [3.8, 4) is 22.8 Å². The number of halogens is 3. The molecule has 3 heterocycles. The van der Waals surface area contributed by atoms with E-state index in [-0.39, 0.29) is 0 Å². The largest absolute Gasteiger partial charge is 0.408 e. The minimum atomic E-state index is -4.32. The Morgan fingerprint density at radius 3 is 2.64 bits per heavy atom. The van der Waals surface area contributed by atoms with Crippen LogP contribution >= 0.6 is 0 Å². The van der Waals surface area contributed by atoms with Crippen LogP contribution in [0.1, 0.15) is 5.69 Å². The van der Waals surface area contributed by atoms with E-state index in [4.69, 9.17) is 0 Å². The fourth-order valence-corrected chi connectivity index (χ4v) is 2.02. The van der Waals surface area contributed by atoms with Crippen molar-refractivity contribution in [1.29, 1.82) is 0 Å². The van der Waals surface area contributed by atoms with Crippen LogP contribution in [0.15, 0.2) is 30.7 Å². The number of nitrogens with one attached hydrogen (secondary N) is 1. The van der Waals surface area contributed by atoms with Gasteiger partial charge < -0.3 is 4.98 Å². The van der Waals surface area contributed by atoms with Crippen LogP contribution in [0, 0.1) is 6.92 Å². The van der Waals surface area contributed by atoms with Gasteiger partial charge in [-0.2, -0.15) is 18.3 Å². The van der Waals surface area contributed by atoms with Crippen molar-refractivity contribution in [3.05, 3.63) is 36.4 Å². The lowest BCUT2D eigenvalue weighted by atomic mass is 10.2. The third-order valence-corrected chi connectivity index (χ3v) is 3.11. The van der Waals surface area contributed by atoms with Gasteiger partial charge in [0.25, 0.3) is 0 Å². The summed E-state index contributed by atoms with van der Waals surface area (Å²) in [7, 11) is 0. The highest BCUT2D eigenvalue weighted by atomic mass is 19.4. The highest BCUT2D eigenvalue weighted by molar-refractivity contribution is 5.61. The molecule has 0 aliphatic carbocycles. The predicted octanol–water partition coefficient (Wildman–Crippen LogP) is 2.60. The van der Waals surface area contributed by atoms with Crippen molar-refractivity contribution in [2.24, 2.45) is 0 Å². The maximum atomic E-state index is 12.5. The van der Waals surface area contributed by atoms with Crippen LogP contribution in [0.5, 0.6) is 0 Å². The Hall–Kier alpha value is -2.71. The zero-order valence-corrected chi connectivity index (χ0v) is 11.5. The second kappa shape index (κ2) is 5.24. The predicted molar refractivity (Wildman–Crippen MR) is 71.6 cm³/mol. The molecule has 0 saturated carbocycles. The quantitative estimate of drug-likeness (QED) is 0.807. The van der Waals surface area contributed by atoms with E-state index in [1.165, 1.54) is 6.20 Å². The minimum absolute atomic E-state index is 0.366. The molecule has 0 spiro atoms. The molecule has 3 aromatic heterocycles. The first-order chi connectivity index (χ1) is 10.4. The van der Waals surface area contributed by atoms with Crippen LogP contribution < -0.4 is 0 Å². The molecule has 0 aromatic carbocycles. The SMILES string of the molecule is Cc1c(-c2nnc(-c3cccnc3)[nH]2)cnn1CC(F)(F)F. The molecule has 0 aliphatic rings. The van der Waals surface area contributed by atoms with Crippen LogP contribution in [0.2, 0.25) is 0 Å². The van der Waals surface area contributed by atoms with E-state index >= 15 is 0 Å². The van der Waals surface area contributed by atoms with Crippen LogP contribution in [0.4, 0.5) is 13.2 Å². The van der Waals surface area contributed by atoms with E-state index in [9.17, 15) is 13.2 Å². The summed E-state index contributed by atoms with van der Waals surface area (Å²) in [4.78, 5) is 6.94. The molecule has 0 bridgehead atoms. The lowest BCUT2D eigenvalue weighted by Gasteiger charge is -2.08. The first kappa shape index (κ1) is 14.2. The number of rotatable bonds is 3. The smallest absolute Gasteiger partial charge is 0.321 e. The van der Waals surface area contributed by atoms with E-state index in [0.717, 1.165) is 10.2 Å². The van der Waals surface area contributed by atoms with Crippen molar-refractivity contribution in [2.45, 2.75) is 19.6 Å². The van der Waals surface area contributed by atoms with E-state index in [1.54, 1.807) is 31.5 Å². The highest BCUT2D eigenvalue weighted by Gasteiger charge is 2.29. The molecule has 6 nitrogen and oxygen atoms in total. The molecule has 0 radical (unpaired) electrons. The number of aromatic amines is 1. The van der Waals surface area contributed by atoms with Gasteiger partial charge in [-0.3, -0.25) is 9.67 Å². The first-order valence-corrected chi connectivity index (χ1v) is 6.36. The standard InChI is InChI=1S/C13H11F3N6/c1-8-10(6-18-22(8)7-13(14,15)16)12-19-11(20-21-12)9-3-2-4-17-5-9/h2-6H,7H2,1H3,(H,19,20,21). The van der Waals surface area contributed by atoms with Gasteiger partial charge in [0, 0.05) is 23.7 Å². The van der Waals surface area contributed by atoms with Crippen LogP contribution in [0.3, 0.4) is 0 Å². The Kier molecular flexibility index (Phi) is 3.39. The first-order valence-electron chi connectivity index (χ1n) is 6.36. The normalized spacial score (nSPS) is 11.8. The van der Waals surface area contributed by atoms with Gasteiger partial charge >= 0.3 is 6.18 Å². The Bertz CT molecular complexity index is 775. The Balaban J connectivity index is 1.91. The van der Waals surface area contributed by atoms with Gasteiger partial charge in [-0.1, -0.05) is 0 Å². The summed E-state index contributed by atoms with van der Waals surface area (Å²) in [5.74, 6) is 0.857. The fourth-order valence-electron chi connectivity index (χ4n) is 2.02. The fraction of sp³-hybridized carbons (Fsp3) is 0.231.